The average Bonchev–Trinajstić information content (AvgIpc) is 3.42. The van der Waals surface area contributed by atoms with E-state index in [1.54, 1.807) is 11.3 Å². The number of thiazole rings is 1. The molecule has 0 spiro atoms. The highest BCUT2D eigenvalue weighted by atomic mass is 32.1. The molecule has 2 aliphatic rings. The van der Waals surface area contributed by atoms with Crippen molar-refractivity contribution in [2.75, 3.05) is 26.3 Å². The first kappa shape index (κ1) is 23.5. The van der Waals surface area contributed by atoms with Gasteiger partial charge in [-0.2, -0.15) is 0 Å². The van der Waals surface area contributed by atoms with E-state index in [9.17, 15) is 19.5 Å². The number of nitrogens with zero attached hydrogens (tertiary/aromatic N) is 3. The third kappa shape index (κ3) is 5.15. The number of likely N-dealkylation sites (tertiary alicyclic amines) is 1. The maximum Gasteiger partial charge on any atom is 0.248 e. The first-order valence-corrected chi connectivity index (χ1v) is 12.1. The summed E-state index contributed by atoms with van der Waals surface area (Å²) in [6.45, 7) is 4.34. The van der Waals surface area contributed by atoms with Gasteiger partial charge in [0, 0.05) is 32.9 Å². The Hall–Kier alpha value is -2.62. The van der Waals surface area contributed by atoms with Gasteiger partial charge in [-0.1, -0.05) is 24.3 Å². The number of β-amino-alcohol motifs (C(OH)–C–C–N with tert-alkyl or cyclic N) is 1. The predicted molar refractivity (Wildman–Crippen MR) is 124 cm³/mol. The van der Waals surface area contributed by atoms with Gasteiger partial charge in [0.05, 0.1) is 41.4 Å². The normalized spacial score (nSPS) is 23.1. The van der Waals surface area contributed by atoms with Gasteiger partial charge in [0.15, 0.2) is 5.78 Å². The van der Waals surface area contributed by atoms with Crippen LogP contribution >= 0.6 is 11.3 Å². The molecule has 2 aromatic rings. The highest BCUT2D eigenvalue weighted by Crippen LogP contribution is 2.28. The fourth-order valence-electron chi connectivity index (χ4n) is 4.58. The molecule has 4 rings (SSSR count). The number of hydrogen-bond acceptors (Lipinski definition) is 7. The maximum atomic E-state index is 13.2. The fourth-order valence-corrected chi connectivity index (χ4v) is 5.39. The van der Waals surface area contributed by atoms with Crippen LogP contribution in [-0.2, 0) is 25.5 Å². The second-order valence-corrected chi connectivity index (χ2v) is 9.48. The number of ketones is 1. The lowest BCUT2D eigenvalue weighted by Gasteiger charge is -2.37. The van der Waals surface area contributed by atoms with E-state index >= 15 is 0 Å². The number of carbonyl (C=O) groups excluding carboxylic acids is 3. The van der Waals surface area contributed by atoms with Crippen LogP contribution in [0.4, 0.5) is 0 Å². The summed E-state index contributed by atoms with van der Waals surface area (Å²) in [5.41, 5.74) is 4.97. The molecule has 1 N–H and O–H groups in total. The molecular weight excluding hydrogens is 442 g/mol. The van der Waals surface area contributed by atoms with Crippen molar-refractivity contribution >= 4 is 28.9 Å². The number of morpholine rings is 1. The van der Waals surface area contributed by atoms with Crippen molar-refractivity contribution in [3.63, 3.8) is 0 Å². The lowest BCUT2D eigenvalue weighted by Crippen LogP contribution is -2.57. The number of aromatic nitrogens is 1. The Bertz CT molecular complexity index is 1020. The molecule has 3 heterocycles. The van der Waals surface area contributed by atoms with Gasteiger partial charge in [-0.15, -0.1) is 11.3 Å². The number of benzene rings is 1. The lowest BCUT2D eigenvalue weighted by molar-refractivity contribution is -0.154. The minimum Gasteiger partial charge on any atom is -0.391 e. The minimum absolute atomic E-state index is 0.0756. The highest BCUT2D eigenvalue weighted by molar-refractivity contribution is 7.13. The molecule has 1 aromatic heterocycles. The molecule has 176 valence electrons. The summed E-state index contributed by atoms with van der Waals surface area (Å²) >= 11 is 1.60. The van der Waals surface area contributed by atoms with Crippen molar-refractivity contribution in [1.29, 1.82) is 0 Å². The molecule has 1 aromatic carbocycles. The van der Waals surface area contributed by atoms with Crippen LogP contribution in [0.2, 0.25) is 0 Å². The van der Waals surface area contributed by atoms with E-state index in [-0.39, 0.29) is 43.6 Å². The van der Waals surface area contributed by atoms with Crippen LogP contribution in [0.25, 0.3) is 10.4 Å². The monoisotopic (exact) mass is 471 g/mol. The Labute approximate surface area is 197 Å². The van der Waals surface area contributed by atoms with Crippen LogP contribution in [0.1, 0.15) is 31.0 Å². The summed E-state index contributed by atoms with van der Waals surface area (Å²) < 4.78 is 5.42. The van der Waals surface area contributed by atoms with Gasteiger partial charge in [0.2, 0.25) is 11.8 Å². The fraction of sp³-hybridized carbons (Fsp3) is 0.500. The molecule has 3 atom stereocenters. The molecular formula is C24H29N3O5S. The summed E-state index contributed by atoms with van der Waals surface area (Å²) in [7, 11) is 0. The molecule has 9 heteroatoms. The molecule has 0 unspecified atom stereocenters. The largest absolute Gasteiger partial charge is 0.391 e. The quantitative estimate of drug-likeness (QED) is 0.690. The van der Waals surface area contributed by atoms with Gasteiger partial charge in [0.25, 0.3) is 0 Å². The zero-order valence-electron chi connectivity index (χ0n) is 18.9. The standard InChI is InChI=1S/C24H29N3O5S/c1-15-23(33-14-25-15)18-6-3-17(4-7-18)5-8-22(30)20-11-19(29)12-27(20)24(31)21-13-32-10-9-26(21)16(2)28/h3-4,6-7,14,19-21,29H,5,8-13H2,1-2H3/t19-,20+,21+/m1/s1. The van der Waals surface area contributed by atoms with Crippen LogP contribution in [0.3, 0.4) is 0 Å². The van der Waals surface area contributed by atoms with Crippen molar-refractivity contribution in [2.45, 2.75) is 51.3 Å². The molecule has 0 bridgehead atoms. The van der Waals surface area contributed by atoms with Crippen molar-refractivity contribution < 1.29 is 24.2 Å². The van der Waals surface area contributed by atoms with Gasteiger partial charge in [-0.3, -0.25) is 14.4 Å². The molecule has 33 heavy (non-hydrogen) atoms. The zero-order chi connectivity index (χ0) is 23.5. The minimum atomic E-state index is -0.750. The Kier molecular flexibility index (Phi) is 7.21. The van der Waals surface area contributed by atoms with Gasteiger partial charge >= 0.3 is 0 Å². The van der Waals surface area contributed by atoms with Crippen LogP contribution < -0.4 is 0 Å². The van der Waals surface area contributed by atoms with Crippen LogP contribution in [0, 0.1) is 6.92 Å². The van der Waals surface area contributed by atoms with Gasteiger partial charge in [0.1, 0.15) is 6.04 Å². The summed E-state index contributed by atoms with van der Waals surface area (Å²) in [6, 6.07) is 6.67. The number of amides is 2. The molecule has 2 saturated heterocycles. The third-order valence-electron chi connectivity index (χ3n) is 6.37. The first-order chi connectivity index (χ1) is 15.8. The summed E-state index contributed by atoms with van der Waals surface area (Å²) in [5, 5.41) is 10.2. The number of rotatable bonds is 6. The maximum absolute atomic E-state index is 13.2. The molecule has 2 aliphatic heterocycles. The van der Waals surface area contributed by atoms with E-state index in [0.29, 0.717) is 19.6 Å². The van der Waals surface area contributed by atoms with E-state index < -0.39 is 18.2 Å². The molecule has 2 fully saturated rings. The number of aliphatic hydroxyl groups excluding tert-OH is 1. The van der Waals surface area contributed by atoms with Crippen LogP contribution in [0.15, 0.2) is 29.8 Å². The number of carbonyl (C=O) groups is 3. The Morgan fingerprint density at radius 2 is 1.94 bits per heavy atom. The van der Waals surface area contributed by atoms with Gasteiger partial charge in [-0.05, 0) is 24.5 Å². The van der Waals surface area contributed by atoms with E-state index in [1.807, 2.05) is 36.7 Å². The summed E-state index contributed by atoms with van der Waals surface area (Å²) in [5.74, 6) is -0.603. The Balaban J connectivity index is 1.40. The molecule has 8 nitrogen and oxygen atoms in total. The number of ether oxygens (including phenoxy) is 1. The SMILES string of the molecule is CC(=O)N1CCOC[C@H]1C(=O)N1C[C@H](O)C[C@H]1C(=O)CCc1ccc(-c2scnc2C)cc1. The topological polar surface area (TPSA) is 100 Å². The van der Waals surface area contributed by atoms with E-state index in [1.165, 1.54) is 16.7 Å². The number of aliphatic hydroxyl groups is 1. The van der Waals surface area contributed by atoms with E-state index in [2.05, 4.69) is 4.98 Å². The van der Waals surface area contributed by atoms with Crippen molar-refractivity contribution in [2.24, 2.45) is 0 Å². The Morgan fingerprint density at radius 1 is 1.18 bits per heavy atom. The Morgan fingerprint density at radius 3 is 2.61 bits per heavy atom. The van der Waals surface area contributed by atoms with Gasteiger partial charge < -0.3 is 19.6 Å². The predicted octanol–water partition coefficient (Wildman–Crippen LogP) is 1.83. The molecule has 0 saturated carbocycles. The summed E-state index contributed by atoms with van der Waals surface area (Å²) in [6.07, 6.45) is 0.307. The van der Waals surface area contributed by atoms with Gasteiger partial charge in [-0.25, -0.2) is 4.98 Å². The number of hydrogen-bond donors (Lipinski definition) is 1. The number of Topliss-reactive ketones (excluding diaryl/α,β-unsaturated/α-hetero) is 1. The molecule has 0 radical (unpaired) electrons. The molecule has 0 aliphatic carbocycles. The lowest BCUT2D eigenvalue weighted by atomic mass is 10.00. The number of aryl methyl sites for hydroxylation is 2. The van der Waals surface area contributed by atoms with Crippen LogP contribution in [-0.4, -0.2) is 82.0 Å². The molecule has 2 amide bonds. The van der Waals surface area contributed by atoms with Crippen LogP contribution in [0.5, 0.6) is 0 Å². The van der Waals surface area contributed by atoms with Crippen molar-refractivity contribution in [3.8, 4) is 10.4 Å². The highest BCUT2D eigenvalue weighted by Gasteiger charge is 2.43. The third-order valence-corrected chi connectivity index (χ3v) is 7.35. The van der Waals surface area contributed by atoms with Crippen molar-refractivity contribution in [1.82, 2.24) is 14.8 Å². The zero-order valence-corrected chi connectivity index (χ0v) is 19.7. The summed E-state index contributed by atoms with van der Waals surface area (Å²) in [4.78, 5) is 46.6. The van der Waals surface area contributed by atoms with Crippen molar-refractivity contribution in [3.05, 3.63) is 41.0 Å². The first-order valence-electron chi connectivity index (χ1n) is 11.2. The smallest absolute Gasteiger partial charge is 0.248 e. The average molecular weight is 472 g/mol. The second kappa shape index (κ2) is 10.1. The van der Waals surface area contributed by atoms with E-state index in [0.717, 1.165) is 21.7 Å². The van der Waals surface area contributed by atoms with E-state index in [4.69, 9.17) is 4.74 Å². The second-order valence-electron chi connectivity index (χ2n) is 8.63.